The Morgan fingerprint density at radius 3 is 2.22 bits per heavy atom. The van der Waals surface area contributed by atoms with Crippen molar-refractivity contribution in [3.05, 3.63) is 0 Å². The summed E-state index contributed by atoms with van der Waals surface area (Å²) in [6.07, 6.45) is 12.4. The van der Waals surface area contributed by atoms with Gasteiger partial charge in [-0.3, -0.25) is 4.90 Å². The van der Waals surface area contributed by atoms with Gasteiger partial charge in [-0.25, -0.2) is 0 Å². The minimum atomic E-state index is 0.784. The highest BCUT2D eigenvalue weighted by atomic mass is 15.2. The smallest absolute Gasteiger partial charge is 0.0480 e. The number of nitrogens with zero attached hydrogens (tertiary/aromatic N) is 1. The Morgan fingerprint density at radius 1 is 1.00 bits per heavy atom. The lowest BCUT2D eigenvalue weighted by atomic mass is 9.49. The monoisotopic (exact) mass is 248 g/mol. The summed E-state index contributed by atoms with van der Waals surface area (Å²) in [5.74, 6) is 3.36. The Morgan fingerprint density at radius 2 is 1.67 bits per heavy atom. The predicted octanol–water partition coefficient (Wildman–Crippen LogP) is 2.85. The van der Waals surface area contributed by atoms with Gasteiger partial charge in [-0.05, 0) is 87.6 Å². The molecule has 1 heterocycles. The van der Waals surface area contributed by atoms with E-state index < -0.39 is 0 Å². The highest BCUT2D eigenvalue weighted by Gasteiger charge is 2.50. The van der Waals surface area contributed by atoms with Gasteiger partial charge in [0.2, 0.25) is 0 Å². The van der Waals surface area contributed by atoms with Crippen LogP contribution in [0.4, 0.5) is 0 Å². The maximum absolute atomic E-state index is 3.52. The van der Waals surface area contributed by atoms with Gasteiger partial charge >= 0.3 is 0 Å². The standard InChI is InChI=1S/C16H28N2/c1-3-17-12-18(4-1)5-2-16-9-13-6-14(10-16)8-15(7-13)11-16/h13-15,17H,1-12H2. The van der Waals surface area contributed by atoms with Gasteiger partial charge in [0.15, 0.2) is 0 Å². The number of hydrogen-bond donors (Lipinski definition) is 1. The second kappa shape index (κ2) is 4.49. The van der Waals surface area contributed by atoms with Crippen LogP contribution in [0.15, 0.2) is 0 Å². The zero-order chi connectivity index (χ0) is 12.0. The Kier molecular flexibility index (Phi) is 2.92. The molecule has 2 nitrogen and oxygen atoms in total. The molecule has 4 aliphatic carbocycles. The fourth-order valence-corrected chi connectivity index (χ4v) is 5.93. The summed E-state index contributed by atoms with van der Waals surface area (Å²) >= 11 is 0. The molecule has 1 saturated heterocycles. The van der Waals surface area contributed by atoms with E-state index in [9.17, 15) is 0 Å². The molecular weight excluding hydrogens is 220 g/mol. The first kappa shape index (κ1) is 11.7. The van der Waals surface area contributed by atoms with Crippen molar-refractivity contribution in [1.82, 2.24) is 10.2 Å². The molecule has 102 valence electrons. The van der Waals surface area contributed by atoms with E-state index in [0.717, 1.165) is 29.8 Å². The Hall–Kier alpha value is -0.0800. The summed E-state index contributed by atoms with van der Waals surface area (Å²) in [4.78, 5) is 2.65. The zero-order valence-corrected chi connectivity index (χ0v) is 11.7. The predicted molar refractivity (Wildman–Crippen MR) is 74.3 cm³/mol. The molecule has 5 aliphatic rings. The van der Waals surface area contributed by atoms with Crippen LogP contribution in [0, 0.1) is 23.2 Å². The summed E-state index contributed by atoms with van der Waals surface area (Å²) in [5, 5.41) is 3.52. The summed E-state index contributed by atoms with van der Waals surface area (Å²) in [6, 6.07) is 0. The molecule has 4 saturated carbocycles. The average molecular weight is 248 g/mol. The van der Waals surface area contributed by atoms with E-state index in [1.807, 2.05) is 0 Å². The van der Waals surface area contributed by atoms with Crippen LogP contribution in [0.3, 0.4) is 0 Å². The first-order chi connectivity index (χ1) is 8.81. The van der Waals surface area contributed by atoms with Crippen LogP contribution in [-0.4, -0.2) is 31.2 Å². The molecule has 5 fully saturated rings. The first-order valence-electron chi connectivity index (χ1n) is 8.24. The van der Waals surface area contributed by atoms with Crippen LogP contribution in [0.1, 0.15) is 51.4 Å². The van der Waals surface area contributed by atoms with Crippen LogP contribution >= 0.6 is 0 Å². The topological polar surface area (TPSA) is 15.3 Å². The first-order valence-corrected chi connectivity index (χ1v) is 8.24. The van der Waals surface area contributed by atoms with Crippen molar-refractivity contribution in [2.75, 3.05) is 26.3 Å². The normalized spacial score (nSPS) is 47.7. The van der Waals surface area contributed by atoms with E-state index in [2.05, 4.69) is 10.2 Å². The molecule has 5 rings (SSSR count). The molecule has 0 aromatic rings. The summed E-state index contributed by atoms with van der Waals surface area (Å²) < 4.78 is 0. The largest absolute Gasteiger partial charge is 0.304 e. The van der Waals surface area contributed by atoms with Gasteiger partial charge in [0.25, 0.3) is 0 Å². The van der Waals surface area contributed by atoms with Crippen LogP contribution < -0.4 is 5.32 Å². The second-order valence-electron chi connectivity index (χ2n) is 7.80. The maximum Gasteiger partial charge on any atom is 0.0480 e. The van der Waals surface area contributed by atoms with Crippen molar-refractivity contribution in [1.29, 1.82) is 0 Å². The van der Waals surface area contributed by atoms with Gasteiger partial charge in [0.1, 0.15) is 0 Å². The van der Waals surface area contributed by atoms with E-state index in [4.69, 9.17) is 0 Å². The molecule has 0 spiro atoms. The van der Waals surface area contributed by atoms with Crippen molar-refractivity contribution in [3.8, 4) is 0 Å². The van der Waals surface area contributed by atoms with E-state index in [0.29, 0.717) is 0 Å². The van der Waals surface area contributed by atoms with Crippen LogP contribution in [-0.2, 0) is 0 Å². The lowest BCUT2D eigenvalue weighted by Crippen LogP contribution is -2.48. The van der Waals surface area contributed by atoms with Crippen molar-refractivity contribution >= 4 is 0 Å². The maximum atomic E-state index is 3.52. The van der Waals surface area contributed by atoms with Gasteiger partial charge < -0.3 is 5.32 Å². The van der Waals surface area contributed by atoms with Crippen molar-refractivity contribution in [2.45, 2.75) is 51.4 Å². The minimum absolute atomic E-state index is 0.784. The van der Waals surface area contributed by atoms with Gasteiger partial charge in [-0.15, -0.1) is 0 Å². The highest BCUT2D eigenvalue weighted by molar-refractivity contribution is 5.01. The molecule has 2 heteroatoms. The molecule has 1 N–H and O–H groups in total. The SMILES string of the molecule is C1CNCN(CCC23CC4CC(CC(C4)C2)C3)C1. The Bertz CT molecular complexity index is 271. The number of nitrogens with one attached hydrogen (secondary N) is 1. The number of rotatable bonds is 3. The van der Waals surface area contributed by atoms with E-state index in [1.165, 1.54) is 32.5 Å². The molecule has 0 radical (unpaired) electrons. The molecule has 0 unspecified atom stereocenters. The fraction of sp³-hybridized carbons (Fsp3) is 1.00. The quantitative estimate of drug-likeness (QED) is 0.826. The third-order valence-corrected chi connectivity index (χ3v) is 6.29. The van der Waals surface area contributed by atoms with Gasteiger partial charge in [0.05, 0.1) is 0 Å². The molecule has 18 heavy (non-hydrogen) atoms. The van der Waals surface area contributed by atoms with Crippen molar-refractivity contribution in [2.24, 2.45) is 23.2 Å². The van der Waals surface area contributed by atoms with E-state index in [1.54, 1.807) is 38.5 Å². The molecule has 0 aromatic heterocycles. The van der Waals surface area contributed by atoms with Crippen LogP contribution in [0.25, 0.3) is 0 Å². The van der Waals surface area contributed by atoms with E-state index in [-0.39, 0.29) is 0 Å². The van der Waals surface area contributed by atoms with Crippen LogP contribution in [0.5, 0.6) is 0 Å². The fourth-order valence-electron chi connectivity index (χ4n) is 5.93. The lowest BCUT2D eigenvalue weighted by molar-refractivity contribution is -0.0616. The molecule has 0 amide bonds. The summed E-state index contributed by atoms with van der Waals surface area (Å²) in [7, 11) is 0. The van der Waals surface area contributed by atoms with Crippen molar-refractivity contribution in [3.63, 3.8) is 0 Å². The average Bonchev–Trinajstić information content (AvgIpc) is 2.36. The lowest BCUT2D eigenvalue weighted by Gasteiger charge is -2.57. The van der Waals surface area contributed by atoms with Gasteiger partial charge in [-0.2, -0.15) is 0 Å². The van der Waals surface area contributed by atoms with Crippen LogP contribution in [0.2, 0.25) is 0 Å². The molecule has 4 bridgehead atoms. The zero-order valence-electron chi connectivity index (χ0n) is 11.7. The van der Waals surface area contributed by atoms with Gasteiger partial charge in [0, 0.05) is 13.2 Å². The summed E-state index contributed by atoms with van der Waals surface area (Å²) in [6.45, 7) is 5.07. The third-order valence-electron chi connectivity index (χ3n) is 6.29. The Balaban J connectivity index is 1.38. The second-order valence-corrected chi connectivity index (χ2v) is 7.80. The third kappa shape index (κ3) is 2.12. The minimum Gasteiger partial charge on any atom is -0.304 e. The number of hydrogen-bond acceptors (Lipinski definition) is 2. The highest BCUT2D eigenvalue weighted by Crippen LogP contribution is 2.61. The molecule has 0 aromatic carbocycles. The van der Waals surface area contributed by atoms with Crippen molar-refractivity contribution < 1.29 is 0 Å². The molecular formula is C16H28N2. The van der Waals surface area contributed by atoms with E-state index >= 15 is 0 Å². The molecule has 1 aliphatic heterocycles. The summed E-state index contributed by atoms with van der Waals surface area (Å²) in [5.41, 5.74) is 0.784. The molecule has 0 atom stereocenters. The Labute approximate surface area is 111 Å². The van der Waals surface area contributed by atoms with Gasteiger partial charge in [-0.1, -0.05) is 0 Å².